The zero-order valence-electron chi connectivity index (χ0n) is 11.8. The summed E-state index contributed by atoms with van der Waals surface area (Å²) in [6, 6.07) is 0.793. The lowest BCUT2D eigenvalue weighted by Crippen LogP contribution is -2.39. The van der Waals surface area contributed by atoms with Crippen LogP contribution in [0.4, 0.5) is 0 Å². The second-order valence-electron chi connectivity index (χ2n) is 5.72. The van der Waals surface area contributed by atoms with Gasteiger partial charge in [0.2, 0.25) is 0 Å². The van der Waals surface area contributed by atoms with E-state index in [0.29, 0.717) is 0 Å². The molecule has 2 unspecified atom stereocenters. The molecule has 2 atom stereocenters. The van der Waals surface area contributed by atoms with Crippen molar-refractivity contribution in [1.29, 1.82) is 0 Å². The van der Waals surface area contributed by atoms with Gasteiger partial charge in [0.25, 0.3) is 0 Å². The van der Waals surface area contributed by atoms with Crippen LogP contribution in [-0.2, 0) is 0 Å². The summed E-state index contributed by atoms with van der Waals surface area (Å²) < 4.78 is 0. The summed E-state index contributed by atoms with van der Waals surface area (Å²) >= 11 is 1.88. The van der Waals surface area contributed by atoms with Gasteiger partial charge in [-0.05, 0) is 38.6 Å². The number of thioether (sulfide) groups is 1. The van der Waals surface area contributed by atoms with Crippen LogP contribution in [0.1, 0.15) is 39.5 Å². The van der Waals surface area contributed by atoms with Crippen LogP contribution in [0.25, 0.3) is 0 Å². The summed E-state index contributed by atoms with van der Waals surface area (Å²) in [4.78, 5) is 7.21. The molecule has 1 fully saturated rings. The summed E-state index contributed by atoms with van der Waals surface area (Å²) in [6.45, 7) is 9.25. The Morgan fingerprint density at radius 3 is 3.00 bits per heavy atom. The predicted octanol–water partition coefficient (Wildman–Crippen LogP) is 2.58. The fourth-order valence-electron chi connectivity index (χ4n) is 2.63. The van der Waals surface area contributed by atoms with E-state index in [1.165, 1.54) is 49.7 Å². The predicted molar refractivity (Wildman–Crippen MR) is 81.4 cm³/mol. The molecule has 3 nitrogen and oxygen atoms in total. The maximum atomic E-state index is 4.56. The minimum Gasteiger partial charge on any atom is -0.365 e. The SMILES string of the molecule is CC1CN=C(NCCCN2CCCCC2C)SC1. The number of nitrogens with zero attached hydrogens (tertiary/aromatic N) is 2. The quantitative estimate of drug-likeness (QED) is 0.795. The number of likely N-dealkylation sites (tertiary alicyclic amines) is 1. The first kappa shape index (κ1) is 14.2. The largest absolute Gasteiger partial charge is 0.365 e. The van der Waals surface area contributed by atoms with Crippen LogP contribution in [0.5, 0.6) is 0 Å². The molecule has 4 heteroatoms. The number of aliphatic imine (C=N–C) groups is 1. The molecule has 1 N–H and O–H groups in total. The fourth-order valence-corrected chi connectivity index (χ4v) is 3.55. The van der Waals surface area contributed by atoms with Crippen molar-refractivity contribution in [2.24, 2.45) is 10.9 Å². The van der Waals surface area contributed by atoms with Crippen molar-refractivity contribution in [1.82, 2.24) is 10.2 Å². The summed E-state index contributed by atoms with van der Waals surface area (Å²) in [5.41, 5.74) is 0. The molecule has 0 aromatic carbocycles. The summed E-state index contributed by atoms with van der Waals surface area (Å²) in [6.07, 6.45) is 5.42. The van der Waals surface area contributed by atoms with Crippen molar-refractivity contribution in [2.75, 3.05) is 31.9 Å². The Bertz CT molecular complexity index is 280. The van der Waals surface area contributed by atoms with E-state index in [0.717, 1.165) is 25.0 Å². The van der Waals surface area contributed by atoms with E-state index in [4.69, 9.17) is 0 Å². The third-order valence-corrected chi connectivity index (χ3v) is 5.17. The van der Waals surface area contributed by atoms with Gasteiger partial charge >= 0.3 is 0 Å². The van der Waals surface area contributed by atoms with Crippen LogP contribution in [-0.4, -0.2) is 48.0 Å². The monoisotopic (exact) mass is 269 g/mol. The molecule has 0 spiro atoms. The van der Waals surface area contributed by atoms with E-state index in [-0.39, 0.29) is 0 Å². The average Bonchev–Trinajstić information content (AvgIpc) is 2.39. The van der Waals surface area contributed by atoms with Crippen molar-refractivity contribution in [2.45, 2.75) is 45.6 Å². The third-order valence-electron chi connectivity index (χ3n) is 3.89. The van der Waals surface area contributed by atoms with Gasteiger partial charge in [0, 0.05) is 31.4 Å². The Hall–Kier alpha value is -0.220. The minimum atomic E-state index is 0.745. The Labute approximate surface area is 116 Å². The summed E-state index contributed by atoms with van der Waals surface area (Å²) in [5, 5.41) is 4.65. The van der Waals surface area contributed by atoms with E-state index in [1.54, 1.807) is 0 Å². The molecule has 0 aliphatic carbocycles. The second-order valence-corrected chi connectivity index (χ2v) is 6.73. The highest BCUT2D eigenvalue weighted by Gasteiger charge is 2.17. The van der Waals surface area contributed by atoms with Crippen molar-refractivity contribution in [3.63, 3.8) is 0 Å². The van der Waals surface area contributed by atoms with Gasteiger partial charge in [0.05, 0.1) is 0 Å². The number of amidine groups is 1. The lowest BCUT2D eigenvalue weighted by Gasteiger charge is -2.33. The molecule has 2 rings (SSSR count). The first-order chi connectivity index (χ1) is 8.75. The summed E-state index contributed by atoms with van der Waals surface area (Å²) in [7, 11) is 0. The molecule has 2 aliphatic rings. The molecule has 0 aromatic rings. The molecule has 104 valence electrons. The van der Waals surface area contributed by atoms with Crippen molar-refractivity contribution in [3.05, 3.63) is 0 Å². The highest BCUT2D eigenvalue weighted by atomic mass is 32.2. The molecule has 2 heterocycles. The van der Waals surface area contributed by atoms with Crippen LogP contribution in [0, 0.1) is 5.92 Å². The fraction of sp³-hybridized carbons (Fsp3) is 0.929. The van der Waals surface area contributed by atoms with Gasteiger partial charge in [-0.1, -0.05) is 25.1 Å². The number of nitrogens with one attached hydrogen (secondary N) is 1. The Balaban J connectivity index is 1.58. The third kappa shape index (κ3) is 4.47. The Morgan fingerprint density at radius 2 is 2.28 bits per heavy atom. The molecule has 0 radical (unpaired) electrons. The van der Waals surface area contributed by atoms with E-state index in [2.05, 4.69) is 29.1 Å². The zero-order chi connectivity index (χ0) is 12.8. The highest BCUT2D eigenvalue weighted by Crippen LogP contribution is 2.17. The maximum Gasteiger partial charge on any atom is 0.156 e. The molecule has 1 saturated heterocycles. The van der Waals surface area contributed by atoms with Gasteiger partial charge < -0.3 is 10.2 Å². The number of hydrogen-bond acceptors (Lipinski definition) is 4. The van der Waals surface area contributed by atoms with Gasteiger partial charge in [-0.2, -0.15) is 0 Å². The first-order valence-corrected chi connectivity index (χ1v) is 8.39. The minimum absolute atomic E-state index is 0.745. The second kappa shape index (κ2) is 7.39. The van der Waals surface area contributed by atoms with Crippen LogP contribution in [0.2, 0.25) is 0 Å². The molecule has 0 aromatic heterocycles. The summed E-state index contributed by atoms with van der Waals surface area (Å²) in [5.74, 6) is 1.96. The maximum absolute atomic E-state index is 4.56. The van der Waals surface area contributed by atoms with Crippen molar-refractivity contribution < 1.29 is 0 Å². The average molecular weight is 269 g/mol. The van der Waals surface area contributed by atoms with Gasteiger partial charge in [0.1, 0.15) is 0 Å². The Kier molecular flexibility index (Phi) is 5.83. The molecule has 18 heavy (non-hydrogen) atoms. The van der Waals surface area contributed by atoms with Crippen molar-refractivity contribution in [3.8, 4) is 0 Å². The van der Waals surface area contributed by atoms with Crippen LogP contribution in [0.15, 0.2) is 4.99 Å². The standard InChI is InChI=1S/C14H27N3S/c1-12-10-16-14(18-11-12)15-7-5-9-17-8-4-3-6-13(17)2/h12-13H,3-11H2,1-2H3,(H,15,16). The lowest BCUT2D eigenvalue weighted by atomic mass is 10.0. The van der Waals surface area contributed by atoms with Crippen LogP contribution >= 0.6 is 11.8 Å². The van der Waals surface area contributed by atoms with E-state index in [9.17, 15) is 0 Å². The van der Waals surface area contributed by atoms with Gasteiger partial charge in [-0.25, -0.2) is 0 Å². The van der Waals surface area contributed by atoms with Crippen molar-refractivity contribution >= 4 is 16.9 Å². The first-order valence-electron chi connectivity index (χ1n) is 7.41. The van der Waals surface area contributed by atoms with Crippen LogP contribution < -0.4 is 5.32 Å². The van der Waals surface area contributed by atoms with Crippen LogP contribution in [0.3, 0.4) is 0 Å². The molecular formula is C14H27N3S. The molecular weight excluding hydrogens is 242 g/mol. The van der Waals surface area contributed by atoms with Gasteiger partial charge in [-0.15, -0.1) is 0 Å². The smallest absolute Gasteiger partial charge is 0.156 e. The van der Waals surface area contributed by atoms with E-state index in [1.807, 2.05) is 11.8 Å². The normalized spacial score (nSPS) is 30.0. The molecule has 0 saturated carbocycles. The Morgan fingerprint density at radius 1 is 1.39 bits per heavy atom. The van der Waals surface area contributed by atoms with Gasteiger partial charge in [-0.3, -0.25) is 4.99 Å². The number of piperidine rings is 1. The number of hydrogen-bond donors (Lipinski definition) is 1. The number of rotatable bonds is 4. The lowest BCUT2D eigenvalue weighted by molar-refractivity contribution is 0.159. The van der Waals surface area contributed by atoms with E-state index < -0.39 is 0 Å². The zero-order valence-corrected chi connectivity index (χ0v) is 12.6. The molecule has 2 aliphatic heterocycles. The molecule has 0 amide bonds. The highest BCUT2D eigenvalue weighted by molar-refractivity contribution is 8.13. The van der Waals surface area contributed by atoms with E-state index >= 15 is 0 Å². The topological polar surface area (TPSA) is 27.6 Å². The molecule has 0 bridgehead atoms. The van der Waals surface area contributed by atoms with Gasteiger partial charge in [0.15, 0.2) is 5.17 Å².